The molecule has 3 aromatic rings. The Balaban J connectivity index is 2.17. The standard InChI is InChI=1S/C18H7ClF10N4O3/c19-8-2-9(20)10(32-14(34)4-12(18(27,28)29)33(30)15(32)35)3-11(8)36-13-1-6(16(21,22)23)7(5-31-13)17(24,25)26/h1-5H,30H2. The first-order chi connectivity index (χ1) is 16.3. The number of ether oxygens (including phenoxy) is 1. The number of hydrogen-bond donors (Lipinski definition) is 1. The van der Waals surface area contributed by atoms with E-state index in [1.807, 2.05) is 0 Å². The largest absolute Gasteiger partial charge is 0.437 e. The molecule has 0 bridgehead atoms. The molecular formula is C18H7ClF10N4O3. The number of alkyl halides is 9. The van der Waals surface area contributed by atoms with Gasteiger partial charge in [-0.2, -0.15) is 39.5 Å². The Morgan fingerprint density at radius 1 is 0.861 bits per heavy atom. The van der Waals surface area contributed by atoms with E-state index in [9.17, 15) is 53.5 Å². The molecule has 194 valence electrons. The summed E-state index contributed by atoms with van der Waals surface area (Å²) >= 11 is 5.73. The number of benzene rings is 1. The summed E-state index contributed by atoms with van der Waals surface area (Å²) in [6.45, 7) is 0. The van der Waals surface area contributed by atoms with E-state index in [0.717, 1.165) is 0 Å². The maximum absolute atomic E-state index is 14.5. The molecule has 0 aliphatic heterocycles. The van der Waals surface area contributed by atoms with E-state index in [-0.39, 0.29) is 22.9 Å². The van der Waals surface area contributed by atoms with Gasteiger partial charge in [0.2, 0.25) is 5.88 Å². The van der Waals surface area contributed by atoms with E-state index in [0.29, 0.717) is 12.1 Å². The second-order valence-corrected chi connectivity index (χ2v) is 7.16. The first-order valence-electron chi connectivity index (χ1n) is 8.85. The smallest absolute Gasteiger partial charge is 0.433 e. The summed E-state index contributed by atoms with van der Waals surface area (Å²) in [5.74, 6) is 1.63. The van der Waals surface area contributed by atoms with Crippen LogP contribution in [-0.4, -0.2) is 14.2 Å². The van der Waals surface area contributed by atoms with Gasteiger partial charge in [-0.15, -0.1) is 0 Å². The molecular weight excluding hydrogens is 546 g/mol. The highest BCUT2D eigenvalue weighted by molar-refractivity contribution is 6.32. The van der Waals surface area contributed by atoms with Gasteiger partial charge >= 0.3 is 24.2 Å². The van der Waals surface area contributed by atoms with Crippen LogP contribution in [0.2, 0.25) is 5.02 Å². The van der Waals surface area contributed by atoms with Crippen LogP contribution in [0.25, 0.3) is 5.69 Å². The Labute approximate surface area is 195 Å². The van der Waals surface area contributed by atoms with Crippen LogP contribution in [-0.2, 0) is 18.5 Å². The van der Waals surface area contributed by atoms with Crippen molar-refractivity contribution < 1.29 is 48.6 Å². The van der Waals surface area contributed by atoms with Crippen molar-refractivity contribution in [1.82, 2.24) is 14.2 Å². The highest BCUT2D eigenvalue weighted by Crippen LogP contribution is 2.42. The van der Waals surface area contributed by atoms with E-state index in [1.165, 1.54) is 0 Å². The molecule has 0 saturated carbocycles. The zero-order chi connectivity index (χ0) is 27.4. The minimum Gasteiger partial charge on any atom is -0.437 e. The van der Waals surface area contributed by atoms with Gasteiger partial charge in [0.15, 0.2) is 5.69 Å². The Morgan fingerprint density at radius 2 is 1.44 bits per heavy atom. The molecule has 18 heteroatoms. The summed E-state index contributed by atoms with van der Waals surface area (Å²) in [7, 11) is 0. The molecule has 0 aliphatic rings. The van der Waals surface area contributed by atoms with Crippen molar-refractivity contribution in [3.8, 4) is 17.3 Å². The van der Waals surface area contributed by atoms with Crippen molar-refractivity contribution >= 4 is 11.6 Å². The SMILES string of the molecule is Nn1c(C(F)(F)F)cc(=O)n(-c2cc(Oc3cc(C(F)(F)F)c(C(F)(F)F)cn3)c(Cl)cc2F)c1=O. The van der Waals surface area contributed by atoms with E-state index in [2.05, 4.69) is 4.98 Å². The van der Waals surface area contributed by atoms with Crippen LogP contribution in [0.3, 0.4) is 0 Å². The van der Waals surface area contributed by atoms with Gasteiger partial charge in [0, 0.05) is 24.4 Å². The van der Waals surface area contributed by atoms with Crippen molar-refractivity contribution in [3.05, 3.63) is 79.0 Å². The summed E-state index contributed by atoms with van der Waals surface area (Å²) in [6, 6.07) is 0.508. The number of hydrogen-bond acceptors (Lipinski definition) is 5. The molecule has 2 aromatic heterocycles. The minimum absolute atomic E-state index is 0.136. The van der Waals surface area contributed by atoms with E-state index in [1.54, 1.807) is 0 Å². The Kier molecular flexibility index (Phi) is 6.50. The fourth-order valence-corrected chi connectivity index (χ4v) is 3.02. The predicted molar refractivity (Wildman–Crippen MR) is 101 cm³/mol. The van der Waals surface area contributed by atoms with Gasteiger partial charge in [-0.25, -0.2) is 23.4 Å². The van der Waals surface area contributed by atoms with E-state index in [4.69, 9.17) is 22.2 Å². The van der Waals surface area contributed by atoms with Gasteiger partial charge in [0.05, 0.1) is 21.8 Å². The second kappa shape index (κ2) is 8.72. The normalized spacial score (nSPS) is 12.6. The zero-order valence-electron chi connectivity index (χ0n) is 16.7. The van der Waals surface area contributed by atoms with Gasteiger partial charge in [0.1, 0.15) is 11.6 Å². The summed E-state index contributed by atoms with van der Waals surface area (Å²) in [5.41, 5.74) is -10.9. The lowest BCUT2D eigenvalue weighted by atomic mass is 10.1. The number of nitrogens with zero attached hydrogens (tertiary/aromatic N) is 3. The molecule has 2 N–H and O–H groups in total. The summed E-state index contributed by atoms with van der Waals surface area (Å²) in [5, 5.41) is -0.723. The van der Waals surface area contributed by atoms with E-state index < -0.39 is 79.4 Å². The second-order valence-electron chi connectivity index (χ2n) is 6.75. The third-order valence-corrected chi connectivity index (χ3v) is 4.67. The highest BCUT2D eigenvalue weighted by Gasteiger charge is 2.44. The molecule has 3 rings (SSSR count). The first-order valence-corrected chi connectivity index (χ1v) is 9.23. The van der Waals surface area contributed by atoms with Gasteiger partial charge in [-0.05, 0) is 6.07 Å². The maximum atomic E-state index is 14.5. The average molecular weight is 553 g/mol. The molecule has 0 spiro atoms. The number of aromatic nitrogens is 3. The van der Waals surface area contributed by atoms with Crippen molar-refractivity contribution in [2.75, 3.05) is 5.84 Å². The minimum atomic E-state index is -5.51. The van der Waals surface area contributed by atoms with Gasteiger partial charge in [-0.3, -0.25) is 4.79 Å². The maximum Gasteiger partial charge on any atom is 0.433 e. The lowest BCUT2D eigenvalue weighted by Crippen LogP contribution is -2.45. The molecule has 0 atom stereocenters. The van der Waals surface area contributed by atoms with Crippen molar-refractivity contribution in [1.29, 1.82) is 0 Å². The quantitative estimate of drug-likeness (QED) is 0.374. The van der Waals surface area contributed by atoms with Gasteiger partial charge in [0.25, 0.3) is 5.56 Å². The third kappa shape index (κ3) is 5.09. The molecule has 7 nitrogen and oxygen atoms in total. The number of halogens is 11. The van der Waals surface area contributed by atoms with Gasteiger partial charge in [-0.1, -0.05) is 11.6 Å². The molecule has 0 aliphatic carbocycles. The Morgan fingerprint density at radius 3 is 1.97 bits per heavy atom. The fraction of sp³-hybridized carbons (Fsp3) is 0.167. The van der Waals surface area contributed by atoms with Crippen molar-refractivity contribution in [3.63, 3.8) is 0 Å². The Hall–Kier alpha value is -3.76. The number of nitrogen functional groups attached to an aromatic ring is 1. The predicted octanol–water partition coefficient (Wildman–Crippen LogP) is 4.75. The molecule has 0 amide bonds. The highest BCUT2D eigenvalue weighted by atomic mass is 35.5. The van der Waals surface area contributed by atoms with Crippen LogP contribution in [0.5, 0.6) is 11.6 Å². The summed E-state index contributed by atoms with van der Waals surface area (Å²) < 4.78 is 136. The monoisotopic (exact) mass is 552 g/mol. The summed E-state index contributed by atoms with van der Waals surface area (Å²) in [6.07, 6.45) is -16.4. The topological polar surface area (TPSA) is 92.1 Å². The summed E-state index contributed by atoms with van der Waals surface area (Å²) in [4.78, 5) is 27.5. The average Bonchev–Trinajstić information content (AvgIpc) is 2.71. The van der Waals surface area contributed by atoms with E-state index >= 15 is 0 Å². The molecule has 36 heavy (non-hydrogen) atoms. The van der Waals surface area contributed by atoms with Crippen LogP contribution in [0, 0.1) is 5.82 Å². The Bertz CT molecular complexity index is 1460. The van der Waals surface area contributed by atoms with Gasteiger partial charge < -0.3 is 10.6 Å². The van der Waals surface area contributed by atoms with Crippen molar-refractivity contribution in [2.24, 2.45) is 0 Å². The lowest BCUT2D eigenvalue weighted by Gasteiger charge is -2.17. The number of rotatable bonds is 3. The molecule has 0 unspecified atom stereocenters. The molecule has 0 fully saturated rings. The molecule has 2 heterocycles. The number of nitrogens with two attached hydrogens (primary N) is 1. The van der Waals surface area contributed by atoms with Crippen LogP contribution in [0.1, 0.15) is 16.8 Å². The molecule has 0 saturated heterocycles. The first kappa shape index (κ1) is 26.8. The molecule has 0 radical (unpaired) electrons. The fourth-order valence-electron chi connectivity index (χ4n) is 2.83. The zero-order valence-corrected chi connectivity index (χ0v) is 17.4. The third-order valence-electron chi connectivity index (χ3n) is 4.37. The van der Waals surface area contributed by atoms with Crippen LogP contribution in [0.15, 0.2) is 40.1 Å². The lowest BCUT2D eigenvalue weighted by molar-refractivity contribution is -0.162. The van der Waals surface area contributed by atoms with Crippen LogP contribution < -0.4 is 21.8 Å². The molecule has 1 aromatic carbocycles. The van der Waals surface area contributed by atoms with Crippen LogP contribution in [0.4, 0.5) is 43.9 Å². The van der Waals surface area contributed by atoms with Crippen LogP contribution >= 0.6 is 11.6 Å². The van der Waals surface area contributed by atoms with Crippen molar-refractivity contribution in [2.45, 2.75) is 18.5 Å². The number of pyridine rings is 1.